The highest BCUT2D eigenvalue weighted by Gasteiger charge is 2.15. The fraction of sp³-hybridized carbons (Fsp3) is 0.286. The van der Waals surface area contributed by atoms with Gasteiger partial charge in [0.25, 0.3) is 5.56 Å². The number of fused-ring (bicyclic) bond motifs is 1. The van der Waals surface area contributed by atoms with Crippen LogP contribution in [-0.4, -0.2) is 15.0 Å². The molecule has 22 heavy (non-hydrogen) atoms. The first-order valence-electron chi connectivity index (χ1n) is 6.71. The first-order valence-corrected chi connectivity index (χ1v) is 7.59. The lowest BCUT2D eigenvalue weighted by Gasteiger charge is -2.11. The molecular formula is C14H13N3O4S. The van der Waals surface area contributed by atoms with E-state index in [1.54, 1.807) is 13.1 Å². The summed E-state index contributed by atoms with van der Waals surface area (Å²) in [5, 5.41) is 2.86. The number of thiazole rings is 1. The Balaban J connectivity index is 2.06. The van der Waals surface area contributed by atoms with Crippen molar-refractivity contribution in [2.75, 3.05) is 0 Å². The summed E-state index contributed by atoms with van der Waals surface area (Å²) >= 11 is 1.44. The third kappa shape index (κ3) is 2.64. The number of nitrogens with zero attached hydrogens (tertiary/aromatic N) is 2. The molecule has 0 saturated heterocycles. The maximum absolute atomic E-state index is 12.2. The van der Waals surface area contributed by atoms with Crippen molar-refractivity contribution in [3.63, 3.8) is 0 Å². The van der Waals surface area contributed by atoms with Crippen LogP contribution in [0.4, 0.5) is 0 Å². The molecule has 1 unspecified atom stereocenters. The van der Waals surface area contributed by atoms with Crippen molar-refractivity contribution in [2.45, 2.75) is 26.4 Å². The van der Waals surface area contributed by atoms with Gasteiger partial charge >= 0.3 is 11.6 Å². The van der Waals surface area contributed by atoms with E-state index in [2.05, 4.69) is 15.0 Å². The van der Waals surface area contributed by atoms with Crippen LogP contribution in [-0.2, 0) is 6.42 Å². The quantitative estimate of drug-likeness (QED) is 0.790. The number of aryl methyl sites for hydroxylation is 1. The van der Waals surface area contributed by atoms with Gasteiger partial charge in [0.1, 0.15) is 10.4 Å². The molecule has 3 heterocycles. The maximum Gasteiger partial charge on any atom is 0.337 e. The number of rotatable bonds is 4. The molecule has 0 aliphatic heterocycles. The van der Waals surface area contributed by atoms with Gasteiger partial charge in [0.2, 0.25) is 5.71 Å². The molecule has 1 atom stereocenters. The van der Waals surface area contributed by atoms with E-state index in [4.69, 9.17) is 9.15 Å². The predicted molar refractivity (Wildman–Crippen MR) is 81.4 cm³/mol. The highest BCUT2D eigenvalue weighted by atomic mass is 32.1. The van der Waals surface area contributed by atoms with E-state index in [0.717, 1.165) is 5.01 Å². The Morgan fingerprint density at radius 2 is 2.27 bits per heavy atom. The Morgan fingerprint density at radius 1 is 1.45 bits per heavy atom. The van der Waals surface area contributed by atoms with E-state index >= 15 is 0 Å². The van der Waals surface area contributed by atoms with E-state index in [0.29, 0.717) is 12.0 Å². The molecule has 0 spiro atoms. The van der Waals surface area contributed by atoms with Crippen LogP contribution in [0.3, 0.4) is 0 Å². The zero-order chi connectivity index (χ0) is 15.7. The predicted octanol–water partition coefficient (Wildman–Crippen LogP) is 2.04. The minimum atomic E-state index is -0.540. The second-order valence-corrected chi connectivity index (χ2v) is 5.55. The van der Waals surface area contributed by atoms with Crippen molar-refractivity contribution in [3.8, 4) is 6.01 Å². The van der Waals surface area contributed by atoms with Crippen LogP contribution >= 0.6 is 11.3 Å². The zero-order valence-electron chi connectivity index (χ0n) is 12.0. The molecule has 0 amide bonds. The first kappa shape index (κ1) is 14.5. The highest BCUT2D eigenvalue weighted by Crippen LogP contribution is 2.21. The van der Waals surface area contributed by atoms with Crippen molar-refractivity contribution < 1.29 is 9.15 Å². The molecule has 0 radical (unpaired) electrons. The Kier molecular flexibility index (Phi) is 3.76. The molecule has 114 valence electrons. The van der Waals surface area contributed by atoms with Crippen LogP contribution in [0.5, 0.6) is 6.01 Å². The maximum atomic E-state index is 12.2. The first-order chi connectivity index (χ1) is 10.6. The highest BCUT2D eigenvalue weighted by molar-refractivity contribution is 7.09. The van der Waals surface area contributed by atoms with Gasteiger partial charge in [-0.25, -0.2) is 9.78 Å². The summed E-state index contributed by atoms with van der Waals surface area (Å²) < 4.78 is 10.6. The molecule has 0 aliphatic rings. The lowest BCUT2D eigenvalue weighted by molar-refractivity contribution is 0.206. The summed E-state index contributed by atoms with van der Waals surface area (Å²) in [6.45, 7) is 3.64. The van der Waals surface area contributed by atoms with Gasteiger partial charge in [-0.2, -0.15) is 4.98 Å². The Morgan fingerprint density at radius 3 is 2.95 bits per heavy atom. The molecule has 3 aromatic rings. The van der Waals surface area contributed by atoms with Crippen LogP contribution in [0.15, 0.2) is 31.6 Å². The smallest absolute Gasteiger partial charge is 0.337 e. The molecule has 0 bridgehead atoms. The third-order valence-electron chi connectivity index (χ3n) is 3.14. The summed E-state index contributed by atoms with van der Waals surface area (Å²) in [6.07, 6.45) is 1.83. The van der Waals surface area contributed by atoms with Gasteiger partial charge in [-0.1, -0.05) is 6.92 Å². The Bertz CT molecular complexity index is 914. The summed E-state index contributed by atoms with van der Waals surface area (Å²) in [4.78, 5) is 34.5. The Hall–Kier alpha value is -2.48. The molecule has 3 rings (SSSR count). The summed E-state index contributed by atoms with van der Waals surface area (Å²) in [5.74, 6) is 0. The van der Waals surface area contributed by atoms with Gasteiger partial charge in [0, 0.05) is 17.6 Å². The number of aromatic amines is 1. The van der Waals surface area contributed by atoms with E-state index in [1.807, 2.05) is 12.3 Å². The number of aromatic nitrogens is 3. The average molecular weight is 319 g/mol. The summed E-state index contributed by atoms with van der Waals surface area (Å²) in [5.41, 5.74) is -0.359. The molecule has 0 saturated carbocycles. The van der Waals surface area contributed by atoms with E-state index in [-0.39, 0.29) is 23.2 Å². The van der Waals surface area contributed by atoms with Crippen molar-refractivity contribution in [3.05, 3.63) is 49.0 Å². The van der Waals surface area contributed by atoms with Gasteiger partial charge in [-0.15, -0.1) is 11.3 Å². The fourth-order valence-corrected chi connectivity index (χ4v) is 2.74. The molecule has 0 aromatic carbocycles. The van der Waals surface area contributed by atoms with Crippen molar-refractivity contribution in [1.29, 1.82) is 0 Å². The van der Waals surface area contributed by atoms with Crippen LogP contribution in [0, 0.1) is 0 Å². The molecular weight excluding hydrogens is 306 g/mol. The number of hydrogen-bond donors (Lipinski definition) is 1. The van der Waals surface area contributed by atoms with Crippen LogP contribution in [0.2, 0.25) is 0 Å². The lowest BCUT2D eigenvalue weighted by atomic mass is 10.1. The summed E-state index contributed by atoms with van der Waals surface area (Å²) in [6, 6.07) is 1.30. The SMILES string of the molecule is CCc1cc(=O)oc2nc(OC(C)c3nccs3)[nH]c(=O)c12. The molecule has 8 heteroatoms. The third-order valence-corrected chi connectivity index (χ3v) is 4.08. The van der Waals surface area contributed by atoms with Gasteiger partial charge in [-0.05, 0) is 18.9 Å². The van der Waals surface area contributed by atoms with Crippen molar-refractivity contribution >= 4 is 22.4 Å². The number of hydrogen-bond acceptors (Lipinski definition) is 7. The van der Waals surface area contributed by atoms with Gasteiger partial charge in [0.15, 0.2) is 6.10 Å². The van der Waals surface area contributed by atoms with Crippen LogP contribution < -0.4 is 15.9 Å². The fourth-order valence-electron chi connectivity index (χ4n) is 2.12. The summed E-state index contributed by atoms with van der Waals surface area (Å²) in [7, 11) is 0. The minimum Gasteiger partial charge on any atom is -0.454 e. The number of ether oxygens (including phenoxy) is 1. The number of nitrogens with one attached hydrogen (secondary N) is 1. The Labute approximate surface area is 128 Å². The molecule has 3 aromatic heterocycles. The van der Waals surface area contributed by atoms with Gasteiger partial charge in [-0.3, -0.25) is 9.78 Å². The normalized spacial score (nSPS) is 12.5. The molecule has 7 nitrogen and oxygen atoms in total. The molecule has 0 aliphatic carbocycles. The lowest BCUT2D eigenvalue weighted by Crippen LogP contribution is -2.16. The minimum absolute atomic E-state index is 0.00315. The van der Waals surface area contributed by atoms with Gasteiger partial charge < -0.3 is 9.15 Å². The number of H-pyrrole nitrogens is 1. The van der Waals surface area contributed by atoms with Crippen molar-refractivity contribution in [1.82, 2.24) is 15.0 Å². The zero-order valence-corrected chi connectivity index (χ0v) is 12.8. The van der Waals surface area contributed by atoms with Crippen LogP contribution in [0.25, 0.3) is 11.1 Å². The molecule has 1 N–H and O–H groups in total. The van der Waals surface area contributed by atoms with E-state index in [1.165, 1.54) is 17.4 Å². The van der Waals surface area contributed by atoms with Gasteiger partial charge in [0.05, 0.1) is 0 Å². The standard InChI is InChI=1S/C14H13N3O4S/c1-3-8-6-9(18)21-12-10(8)11(19)16-14(17-12)20-7(2)13-15-4-5-22-13/h4-7H,3H2,1-2H3,(H,16,17,19). The second kappa shape index (κ2) is 5.72. The molecule has 0 fully saturated rings. The van der Waals surface area contributed by atoms with Crippen LogP contribution in [0.1, 0.15) is 30.5 Å². The average Bonchev–Trinajstić information content (AvgIpc) is 3.00. The van der Waals surface area contributed by atoms with E-state index < -0.39 is 11.2 Å². The largest absolute Gasteiger partial charge is 0.454 e. The van der Waals surface area contributed by atoms with Crippen molar-refractivity contribution in [2.24, 2.45) is 0 Å². The topological polar surface area (TPSA) is 98.1 Å². The second-order valence-electron chi connectivity index (χ2n) is 4.63. The monoisotopic (exact) mass is 319 g/mol. The van der Waals surface area contributed by atoms with E-state index in [9.17, 15) is 9.59 Å².